The summed E-state index contributed by atoms with van der Waals surface area (Å²) in [5, 5.41) is 8.21. The van der Waals surface area contributed by atoms with E-state index in [2.05, 4.69) is 16.0 Å². The van der Waals surface area contributed by atoms with Gasteiger partial charge in [-0.05, 0) is 43.0 Å². The van der Waals surface area contributed by atoms with Crippen molar-refractivity contribution in [2.24, 2.45) is 5.92 Å². The Labute approximate surface area is 142 Å². The van der Waals surface area contributed by atoms with Gasteiger partial charge in [-0.2, -0.15) is 0 Å². The number of hydrogen-bond acceptors (Lipinski definition) is 3. The Morgan fingerprint density at radius 2 is 1.62 bits per heavy atom. The van der Waals surface area contributed by atoms with Crippen molar-refractivity contribution in [1.29, 1.82) is 0 Å². The Balaban J connectivity index is 1.75. The summed E-state index contributed by atoms with van der Waals surface area (Å²) in [6.07, 6.45) is 5.31. The third-order valence-electron chi connectivity index (χ3n) is 4.16. The van der Waals surface area contributed by atoms with E-state index in [-0.39, 0.29) is 17.7 Å². The normalized spacial score (nSPS) is 14.2. The van der Waals surface area contributed by atoms with Crippen molar-refractivity contribution in [3.63, 3.8) is 0 Å². The Morgan fingerprint density at radius 3 is 2.25 bits per heavy atom. The van der Waals surface area contributed by atoms with Crippen LogP contribution in [0.3, 0.4) is 0 Å². The first-order valence-electron chi connectivity index (χ1n) is 8.47. The summed E-state index contributed by atoms with van der Waals surface area (Å²) in [4.78, 5) is 34.7. The Morgan fingerprint density at radius 1 is 1.00 bits per heavy atom. The highest BCUT2D eigenvalue weighted by atomic mass is 16.2. The molecule has 0 heterocycles. The second kappa shape index (κ2) is 9.05. The van der Waals surface area contributed by atoms with Crippen LogP contribution >= 0.6 is 0 Å². The molecule has 6 heteroatoms. The van der Waals surface area contributed by atoms with Gasteiger partial charge in [0, 0.05) is 37.7 Å². The summed E-state index contributed by atoms with van der Waals surface area (Å²) in [6, 6.07) is 6.82. The van der Waals surface area contributed by atoms with Crippen LogP contribution in [-0.2, 0) is 9.59 Å². The number of rotatable bonds is 7. The van der Waals surface area contributed by atoms with Crippen LogP contribution in [0.15, 0.2) is 24.3 Å². The molecule has 3 amide bonds. The standard InChI is InChI=1S/C18H25N3O3/c1-13(22)19-10-11-20-18(24)15-6-8-16(9-7-15)21-17(23)12-14-4-2-3-5-14/h6-9,14H,2-5,10-12H2,1H3,(H,19,22)(H,20,24)(H,21,23). The number of carbonyl (C=O) groups excluding carboxylic acids is 3. The van der Waals surface area contributed by atoms with Crippen LogP contribution in [-0.4, -0.2) is 30.8 Å². The fraction of sp³-hybridized carbons (Fsp3) is 0.500. The van der Waals surface area contributed by atoms with E-state index < -0.39 is 0 Å². The van der Waals surface area contributed by atoms with Crippen LogP contribution in [0.5, 0.6) is 0 Å². The molecule has 3 N–H and O–H groups in total. The first-order valence-corrected chi connectivity index (χ1v) is 8.47. The van der Waals surface area contributed by atoms with Gasteiger partial charge < -0.3 is 16.0 Å². The maximum Gasteiger partial charge on any atom is 0.251 e. The number of carbonyl (C=O) groups is 3. The van der Waals surface area contributed by atoms with Gasteiger partial charge >= 0.3 is 0 Å². The van der Waals surface area contributed by atoms with Crippen LogP contribution in [0.4, 0.5) is 5.69 Å². The number of benzene rings is 1. The van der Waals surface area contributed by atoms with Crippen molar-refractivity contribution >= 4 is 23.4 Å². The number of nitrogens with one attached hydrogen (secondary N) is 3. The van der Waals surface area contributed by atoms with Gasteiger partial charge in [-0.25, -0.2) is 0 Å². The van der Waals surface area contributed by atoms with E-state index in [0.717, 1.165) is 12.8 Å². The van der Waals surface area contributed by atoms with Crippen LogP contribution in [0.1, 0.15) is 49.4 Å². The van der Waals surface area contributed by atoms with Crippen LogP contribution in [0.2, 0.25) is 0 Å². The Bertz CT molecular complexity index is 578. The molecule has 1 aliphatic carbocycles. The van der Waals surface area contributed by atoms with Crippen molar-refractivity contribution in [1.82, 2.24) is 10.6 Å². The zero-order valence-corrected chi connectivity index (χ0v) is 14.1. The molecule has 0 aliphatic heterocycles. The molecule has 1 aromatic rings. The third kappa shape index (κ3) is 6.02. The quantitative estimate of drug-likeness (QED) is 0.668. The van der Waals surface area contributed by atoms with Gasteiger partial charge in [0.15, 0.2) is 0 Å². The lowest BCUT2D eigenvalue weighted by Gasteiger charge is -2.10. The minimum atomic E-state index is -0.204. The number of hydrogen-bond donors (Lipinski definition) is 3. The summed E-state index contributed by atoms with van der Waals surface area (Å²) in [7, 11) is 0. The van der Waals surface area contributed by atoms with Crippen molar-refractivity contribution in [3.05, 3.63) is 29.8 Å². The minimum Gasteiger partial charge on any atom is -0.355 e. The van der Waals surface area contributed by atoms with Crippen LogP contribution in [0, 0.1) is 5.92 Å². The second-order valence-electron chi connectivity index (χ2n) is 6.22. The molecule has 0 atom stereocenters. The third-order valence-corrected chi connectivity index (χ3v) is 4.16. The SMILES string of the molecule is CC(=O)NCCNC(=O)c1ccc(NC(=O)CC2CCCC2)cc1. The highest BCUT2D eigenvalue weighted by Gasteiger charge is 2.18. The fourth-order valence-corrected chi connectivity index (χ4v) is 2.91. The average Bonchev–Trinajstić information content (AvgIpc) is 3.04. The average molecular weight is 331 g/mol. The van der Waals surface area contributed by atoms with Gasteiger partial charge in [-0.15, -0.1) is 0 Å². The lowest BCUT2D eigenvalue weighted by Crippen LogP contribution is -2.33. The molecule has 0 aromatic heterocycles. The van der Waals surface area contributed by atoms with Gasteiger partial charge in [-0.1, -0.05) is 12.8 Å². The van der Waals surface area contributed by atoms with E-state index in [1.807, 2.05) is 0 Å². The molecule has 1 fully saturated rings. The molecular weight excluding hydrogens is 306 g/mol. The lowest BCUT2D eigenvalue weighted by molar-refractivity contribution is -0.119. The predicted octanol–water partition coefficient (Wildman–Crippen LogP) is 2.07. The van der Waals surface area contributed by atoms with Crippen LogP contribution in [0.25, 0.3) is 0 Å². The van der Waals surface area contributed by atoms with Crippen molar-refractivity contribution in [3.8, 4) is 0 Å². The minimum absolute atomic E-state index is 0.0365. The molecule has 1 saturated carbocycles. The molecule has 1 aromatic carbocycles. The van der Waals surface area contributed by atoms with E-state index >= 15 is 0 Å². The highest BCUT2D eigenvalue weighted by molar-refractivity contribution is 5.95. The smallest absolute Gasteiger partial charge is 0.251 e. The molecular formula is C18H25N3O3. The number of anilines is 1. The molecule has 0 bridgehead atoms. The molecule has 2 rings (SSSR count). The molecule has 0 radical (unpaired) electrons. The van der Waals surface area contributed by atoms with Gasteiger partial charge in [0.25, 0.3) is 5.91 Å². The van der Waals surface area contributed by atoms with Crippen molar-refractivity contribution < 1.29 is 14.4 Å². The Hall–Kier alpha value is -2.37. The topological polar surface area (TPSA) is 87.3 Å². The summed E-state index contributed by atoms with van der Waals surface area (Å²) in [5.74, 6) is 0.221. The molecule has 24 heavy (non-hydrogen) atoms. The largest absolute Gasteiger partial charge is 0.355 e. The molecule has 0 unspecified atom stereocenters. The highest BCUT2D eigenvalue weighted by Crippen LogP contribution is 2.27. The summed E-state index contributed by atoms with van der Waals surface area (Å²) in [6.45, 7) is 2.20. The fourth-order valence-electron chi connectivity index (χ4n) is 2.91. The molecule has 0 spiro atoms. The first-order chi connectivity index (χ1) is 11.5. The van der Waals surface area contributed by atoms with E-state index in [9.17, 15) is 14.4 Å². The van der Waals surface area contributed by atoms with E-state index in [4.69, 9.17) is 0 Å². The summed E-state index contributed by atoms with van der Waals surface area (Å²) < 4.78 is 0. The zero-order chi connectivity index (χ0) is 17.4. The molecule has 1 aliphatic rings. The van der Waals surface area contributed by atoms with E-state index in [1.54, 1.807) is 24.3 Å². The number of amides is 3. The summed E-state index contributed by atoms with van der Waals surface area (Å²) >= 11 is 0. The summed E-state index contributed by atoms with van der Waals surface area (Å²) in [5.41, 5.74) is 1.22. The van der Waals surface area contributed by atoms with Crippen molar-refractivity contribution in [2.45, 2.75) is 39.0 Å². The molecule has 6 nitrogen and oxygen atoms in total. The van der Waals surface area contributed by atoms with E-state index in [0.29, 0.717) is 36.7 Å². The monoisotopic (exact) mass is 331 g/mol. The molecule has 0 saturated heterocycles. The lowest BCUT2D eigenvalue weighted by atomic mass is 10.0. The van der Waals surface area contributed by atoms with E-state index in [1.165, 1.54) is 19.8 Å². The van der Waals surface area contributed by atoms with Crippen LogP contribution < -0.4 is 16.0 Å². The van der Waals surface area contributed by atoms with Gasteiger partial charge in [0.2, 0.25) is 11.8 Å². The van der Waals surface area contributed by atoms with Gasteiger partial charge in [0.1, 0.15) is 0 Å². The predicted molar refractivity (Wildman–Crippen MR) is 92.7 cm³/mol. The van der Waals surface area contributed by atoms with Crippen molar-refractivity contribution in [2.75, 3.05) is 18.4 Å². The first kappa shape index (κ1) is 18.0. The van der Waals surface area contributed by atoms with Gasteiger partial charge in [-0.3, -0.25) is 14.4 Å². The zero-order valence-electron chi connectivity index (χ0n) is 14.1. The molecule has 130 valence electrons. The van der Waals surface area contributed by atoms with Gasteiger partial charge in [0.05, 0.1) is 0 Å². The second-order valence-corrected chi connectivity index (χ2v) is 6.22. The Kier molecular flexibility index (Phi) is 6.78. The maximum absolute atomic E-state index is 12.0. The maximum atomic E-state index is 12.0.